The van der Waals surface area contributed by atoms with E-state index in [4.69, 9.17) is 10.2 Å². The first kappa shape index (κ1) is 12.4. The number of hydrogen-bond donors (Lipinski definition) is 1. The highest BCUT2D eigenvalue weighted by Crippen LogP contribution is 2.31. The van der Waals surface area contributed by atoms with E-state index in [-0.39, 0.29) is 0 Å². The van der Waals surface area contributed by atoms with Crippen molar-refractivity contribution < 1.29 is 4.42 Å². The van der Waals surface area contributed by atoms with Crippen LogP contribution in [-0.4, -0.2) is 9.97 Å². The average Bonchev–Trinajstić information content (AvgIpc) is 2.87. The zero-order chi connectivity index (χ0) is 14.1. The maximum atomic E-state index is 5.95. The van der Waals surface area contributed by atoms with Gasteiger partial charge in [-0.15, -0.1) is 0 Å². The van der Waals surface area contributed by atoms with Gasteiger partial charge in [0.05, 0.1) is 11.8 Å². The van der Waals surface area contributed by atoms with Crippen LogP contribution >= 0.6 is 0 Å². The van der Waals surface area contributed by atoms with Gasteiger partial charge >= 0.3 is 0 Å². The van der Waals surface area contributed by atoms with Crippen LogP contribution < -0.4 is 5.73 Å². The highest BCUT2D eigenvalue weighted by atomic mass is 16.4. The lowest BCUT2D eigenvalue weighted by molar-refractivity contribution is 0.534. The van der Waals surface area contributed by atoms with Crippen molar-refractivity contribution >= 4 is 5.82 Å². The van der Waals surface area contributed by atoms with E-state index in [0.717, 1.165) is 16.7 Å². The Labute approximate surface area is 117 Å². The van der Waals surface area contributed by atoms with Gasteiger partial charge in [-0.05, 0) is 24.1 Å². The van der Waals surface area contributed by atoms with Gasteiger partial charge < -0.3 is 10.2 Å². The molecule has 3 rings (SSSR count). The summed E-state index contributed by atoms with van der Waals surface area (Å²) in [5.74, 6) is 1.70. The number of aromatic nitrogens is 2. The molecular weight excluding hydrogens is 250 g/mol. The van der Waals surface area contributed by atoms with E-state index in [1.54, 1.807) is 19.3 Å². The summed E-state index contributed by atoms with van der Waals surface area (Å²) in [7, 11) is 0. The molecule has 0 saturated carbocycles. The molecule has 4 heteroatoms. The van der Waals surface area contributed by atoms with Crippen molar-refractivity contribution in [2.45, 2.75) is 13.8 Å². The molecule has 0 atom stereocenters. The standard InChI is InChI=1S/C16H15N3O/c1-10-5-3-4-6-13(10)12-7-14(16(17)19-8-12)15-9-18-11(2)20-15/h3-9H,1-2H3,(H2,17,19). The molecule has 20 heavy (non-hydrogen) atoms. The zero-order valence-electron chi connectivity index (χ0n) is 11.4. The van der Waals surface area contributed by atoms with Gasteiger partial charge in [0.2, 0.25) is 0 Å². The largest absolute Gasteiger partial charge is 0.441 e. The SMILES string of the molecule is Cc1ncc(-c2cc(-c3ccccc3C)cnc2N)o1. The molecule has 2 N–H and O–H groups in total. The van der Waals surface area contributed by atoms with E-state index in [2.05, 4.69) is 29.0 Å². The van der Waals surface area contributed by atoms with Crippen LogP contribution in [0.4, 0.5) is 5.82 Å². The highest BCUT2D eigenvalue weighted by Gasteiger charge is 2.11. The molecule has 3 aromatic rings. The van der Waals surface area contributed by atoms with E-state index in [1.165, 1.54) is 5.56 Å². The van der Waals surface area contributed by atoms with Crippen molar-refractivity contribution in [2.75, 3.05) is 5.73 Å². The average molecular weight is 265 g/mol. The molecular formula is C16H15N3O. The number of aryl methyl sites for hydroxylation is 2. The van der Waals surface area contributed by atoms with Gasteiger partial charge in [0.1, 0.15) is 5.82 Å². The Balaban J connectivity index is 2.14. The van der Waals surface area contributed by atoms with Gasteiger partial charge in [-0.2, -0.15) is 0 Å². The summed E-state index contributed by atoms with van der Waals surface area (Å²) >= 11 is 0. The summed E-state index contributed by atoms with van der Waals surface area (Å²) in [4.78, 5) is 8.38. The van der Waals surface area contributed by atoms with Gasteiger partial charge in [-0.1, -0.05) is 24.3 Å². The minimum absolute atomic E-state index is 0.443. The number of nitrogens with two attached hydrogens (primary N) is 1. The fourth-order valence-electron chi connectivity index (χ4n) is 2.20. The first-order valence-corrected chi connectivity index (χ1v) is 6.39. The van der Waals surface area contributed by atoms with E-state index in [0.29, 0.717) is 17.5 Å². The first-order valence-electron chi connectivity index (χ1n) is 6.39. The molecule has 1 aromatic carbocycles. The highest BCUT2D eigenvalue weighted by molar-refractivity contribution is 5.77. The second-order valence-electron chi connectivity index (χ2n) is 4.72. The molecule has 0 amide bonds. The van der Waals surface area contributed by atoms with E-state index < -0.39 is 0 Å². The van der Waals surface area contributed by atoms with Crippen molar-refractivity contribution in [2.24, 2.45) is 0 Å². The van der Waals surface area contributed by atoms with E-state index in [1.807, 2.05) is 18.2 Å². The van der Waals surface area contributed by atoms with Crippen molar-refractivity contribution in [1.29, 1.82) is 0 Å². The lowest BCUT2D eigenvalue weighted by Gasteiger charge is -2.08. The molecule has 0 spiro atoms. The molecule has 2 heterocycles. The topological polar surface area (TPSA) is 64.9 Å². The smallest absolute Gasteiger partial charge is 0.191 e. The summed E-state index contributed by atoms with van der Waals surface area (Å²) in [6, 6.07) is 10.2. The van der Waals surface area contributed by atoms with Crippen LogP contribution in [0.2, 0.25) is 0 Å². The Hall–Kier alpha value is -2.62. The Kier molecular flexibility index (Phi) is 2.99. The Bertz CT molecular complexity index is 762. The van der Waals surface area contributed by atoms with Crippen LogP contribution in [0, 0.1) is 13.8 Å². The maximum Gasteiger partial charge on any atom is 0.191 e. The predicted octanol–water partition coefficient (Wildman–Crippen LogP) is 3.60. The summed E-state index contributed by atoms with van der Waals surface area (Å²) in [6.07, 6.45) is 3.45. The third-order valence-electron chi connectivity index (χ3n) is 3.26. The van der Waals surface area contributed by atoms with Crippen molar-refractivity contribution in [3.63, 3.8) is 0 Å². The number of pyridine rings is 1. The van der Waals surface area contributed by atoms with E-state index >= 15 is 0 Å². The summed E-state index contributed by atoms with van der Waals surface area (Å²) in [5, 5.41) is 0. The number of benzene rings is 1. The second kappa shape index (κ2) is 4.81. The third kappa shape index (κ3) is 2.16. The van der Waals surface area contributed by atoms with Crippen molar-refractivity contribution in [1.82, 2.24) is 9.97 Å². The quantitative estimate of drug-likeness (QED) is 0.768. The monoisotopic (exact) mass is 265 g/mol. The molecule has 0 fully saturated rings. The van der Waals surface area contributed by atoms with Crippen molar-refractivity contribution in [3.8, 4) is 22.5 Å². The molecule has 0 aliphatic carbocycles. The molecule has 0 aliphatic rings. The summed E-state index contributed by atoms with van der Waals surface area (Å²) < 4.78 is 5.54. The number of rotatable bonds is 2. The van der Waals surface area contributed by atoms with E-state index in [9.17, 15) is 0 Å². The number of nitrogen functional groups attached to an aromatic ring is 1. The molecule has 100 valence electrons. The summed E-state index contributed by atoms with van der Waals surface area (Å²) in [6.45, 7) is 3.88. The molecule has 0 unspecified atom stereocenters. The van der Waals surface area contributed by atoms with Gasteiger partial charge in [0, 0.05) is 18.7 Å². The lowest BCUT2D eigenvalue weighted by Crippen LogP contribution is -1.95. The number of oxazole rings is 1. The number of hydrogen-bond acceptors (Lipinski definition) is 4. The molecule has 4 nitrogen and oxygen atoms in total. The predicted molar refractivity (Wildman–Crippen MR) is 79.1 cm³/mol. The van der Waals surface area contributed by atoms with Crippen LogP contribution in [0.3, 0.4) is 0 Å². The number of nitrogens with zero attached hydrogens (tertiary/aromatic N) is 2. The maximum absolute atomic E-state index is 5.95. The van der Waals surface area contributed by atoms with Gasteiger partial charge in [-0.25, -0.2) is 9.97 Å². The van der Waals surface area contributed by atoms with Crippen LogP contribution in [0.25, 0.3) is 22.5 Å². The van der Waals surface area contributed by atoms with Crippen LogP contribution in [0.15, 0.2) is 47.1 Å². The minimum Gasteiger partial charge on any atom is -0.441 e. The Morgan fingerprint density at radius 2 is 1.80 bits per heavy atom. The molecule has 0 bridgehead atoms. The van der Waals surface area contributed by atoms with Crippen molar-refractivity contribution in [3.05, 3.63) is 54.2 Å². The number of anilines is 1. The Morgan fingerprint density at radius 1 is 1.00 bits per heavy atom. The van der Waals surface area contributed by atoms with Crippen LogP contribution in [0.1, 0.15) is 11.5 Å². The van der Waals surface area contributed by atoms with Crippen LogP contribution in [-0.2, 0) is 0 Å². The fourth-order valence-corrected chi connectivity index (χ4v) is 2.20. The zero-order valence-corrected chi connectivity index (χ0v) is 11.4. The van der Waals surface area contributed by atoms with Crippen LogP contribution in [0.5, 0.6) is 0 Å². The van der Waals surface area contributed by atoms with Gasteiger partial charge in [0.15, 0.2) is 11.7 Å². The molecule has 0 saturated heterocycles. The third-order valence-corrected chi connectivity index (χ3v) is 3.26. The Morgan fingerprint density at radius 3 is 2.50 bits per heavy atom. The lowest BCUT2D eigenvalue weighted by atomic mass is 10.0. The van der Waals surface area contributed by atoms with Gasteiger partial charge in [0.25, 0.3) is 0 Å². The first-order chi connectivity index (χ1) is 9.65. The van der Waals surface area contributed by atoms with Gasteiger partial charge in [-0.3, -0.25) is 0 Å². The summed E-state index contributed by atoms with van der Waals surface area (Å²) in [5.41, 5.74) is 10.1. The fraction of sp³-hybridized carbons (Fsp3) is 0.125. The molecule has 2 aromatic heterocycles. The minimum atomic E-state index is 0.443. The molecule has 0 aliphatic heterocycles. The second-order valence-corrected chi connectivity index (χ2v) is 4.72. The molecule has 0 radical (unpaired) electrons. The normalized spacial score (nSPS) is 10.7.